The zero-order valence-electron chi connectivity index (χ0n) is 15.9. The third kappa shape index (κ3) is 3.91. The highest BCUT2D eigenvalue weighted by Crippen LogP contribution is 2.32. The van der Waals surface area contributed by atoms with Crippen molar-refractivity contribution in [1.82, 2.24) is 19.7 Å². The fourth-order valence-corrected chi connectivity index (χ4v) is 3.46. The van der Waals surface area contributed by atoms with Gasteiger partial charge < -0.3 is 4.90 Å². The monoisotopic (exact) mass is 452 g/mol. The fraction of sp³-hybridized carbons (Fsp3) is 0.136. The minimum Gasteiger partial charge on any atom is -0.347 e. The standard InChI is InChI=1S/C22H18BrFN4O/c1-27(2)22(29)13-28-12-17(10-26-28)14-3-5-15(6-4-14)19-11-25-9-16-7-21(24)20(23)8-18(16)19/h3-12H,13H2,1-2H3. The molecule has 0 spiro atoms. The van der Waals surface area contributed by atoms with Gasteiger partial charge in [0.1, 0.15) is 12.4 Å². The van der Waals surface area contributed by atoms with Crippen LogP contribution in [0.5, 0.6) is 0 Å². The summed E-state index contributed by atoms with van der Waals surface area (Å²) in [6, 6.07) is 11.3. The van der Waals surface area contributed by atoms with E-state index in [4.69, 9.17) is 0 Å². The van der Waals surface area contributed by atoms with Crippen molar-refractivity contribution in [3.8, 4) is 22.3 Å². The molecule has 0 saturated heterocycles. The normalized spacial score (nSPS) is 11.0. The Kier molecular flexibility index (Phi) is 5.15. The predicted octanol–water partition coefficient (Wildman–Crippen LogP) is 4.76. The van der Waals surface area contributed by atoms with Gasteiger partial charge >= 0.3 is 0 Å². The van der Waals surface area contributed by atoms with Gasteiger partial charge in [-0.2, -0.15) is 5.10 Å². The maximum atomic E-state index is 13.8. The summed E-state index contributed by atoms with van der Waals surface area (Å²) in [5.41, 5.74) is 3.85. The largest absolute Gasteiger partial charge is 0.347 e. The van der Waals surface area contributed by atoms with Crippen LogP contribution in [0.1, 0.15) is 0 Å². The van der Waals surface area contributed by atoms with E-state index in [0.29, 0.717) is 4.47 Å². The summed E-state index contributed by atoms with van der Waals surface area (Å²) in [6.07, 6.45) is 7.05. The molecule has 0 fully saturated rings. The third-order valence-corrected chi connectivity index (χ3v) is 5.37. The average molecular weight is 453 g/mol. The molecule has 29 heavy (non-hydrogen) atoms. The van der Waals surface area contributed by atoms with Gasteiger partial charge in [-0.15, -0.1) is 0 Å². The van der Waals surface area contributed by atoms with Gasteiger partial charge in [0.05, 0.1) is 10.7 Å². The van der Waals surface area contributed by atoms with Crippen LogP contribution in [0.25, 0.3) is 33.0 Å². The first-order chi connectivity index (χ1) is 13.9. The molecule has 7 heteroatoms. The molecule has 2 aromatic heterocycles. The van der Waals surface area contributed by atoms with Crippen molar-refractivity contribution in [2.45, 2.75) is 6.54 Å². The van der Waals surface area contributed by atoms with E-state index in [1.54, 1.807) is 48.3 Å². The van der Waals surface area contributed by atoms with E-state index in [0.717, 1.165) is 33.0 Å². The van der Waals surface area contributed by atoms with Crippen LogP contribution in [-0.4, -0.2) is 39.7 Å². The first-order valence-corrected chi connectivity index (χ1v) is 9.78. The van der Waals surface area contributed by atoms with E-state index in [2.05, 4.69) is 26.0 Å². The number of aromatic nitrogens is 3. The topological polar surface area (TPSA) is 51.0 Å². The highest BCUT2D eigenvalue weighted by atomic mass is 79.9. The van der Waals surface area contributed by atoms with E-state index in [1.807, 2.05) is 30.5 Å². The number of hydrogen-bond donors (Lipinski definition) is 0. The number of carbonyl (C=O) groups excluding carboxylic acids is 1. The molecule has 0 N–H and O–H groups in total. The van der Waals surface area contributed by atoms with E-state index in [1.165, 1.54) is 6.07 Å². The Balaban J connectivity index is 1.64. The molecule has 146 valence electrons. The zero-order chi connectivity index (χ0) is 20.5. The van der Waals surface area contributed by atoms with Gasteiger partial charge in [0, 0.05) is 49.2 Å². The summed E-state index contributed by atoms with van der Waals surface area (Å²) in [5, 5.41) is 5.95. The van der Waals surface area contributed by atoms with Crippen molar-refractivity contribution in [2.75, 3.05) is 14.1 Å². The van der Waals surface area contributed by atoms with Crippen molar-refractivity contribution < 1.29 is 9.18 Å². The van der Waals surface area contributed by atoms with E-state index >= 15 is 0 Å². The van der Waals surface area contributed by atoms with Crippen molar-refractivity contribution in [3.05, 3.63) is 71.5 Å². The van der Waals surface area contributed by atoms with Crippen LogP contribution in [0.2, 0.25) is 0 Å². The molecule has 0 atom stereocenters. The van der Waals surface area contributed by atoms with E-state index < -0.39 is 0 Å². The molecule has 0 bridgehead atoms. The molecule has 4 aromatic rings. The Bertz CT molecular complexity index is 1200. The van der Waals surface area contributed by atoms with Crippen molar-refractivity contribution in [1.29, 1.82) is 0 Å². The molecule has 0 unspecified atom stereocenters. The number of pyridine rings is 1. The Morgan fingerprint density at radius 1 is 1.07 bits per heavy atom. The minimum absolute atomic E-state index is 0.0129. The highest BCUT2D eigenvalue weighted by Gasteiger charge is 2.10. The molecule has 0 saturated carbocycles. The predicted molar refractivity (Wildman–Crippen MR) is 115 cm³/mol. The number of fused-ring (bicyclic) bond motifs is 1. The van der Waals surface area contributed by atoms with Crippen molar-refractivity contribution >= 4 is 32.6 Å². The molecule has 4 rings (SSSR count). The van der Waals surface area contributed by atoms with Crippen molar-refractivity contribution in [3.63, 3.8) is 0 Å². The van der Waals surface area contributed by atoms with Crippen LogP contribution < -0.4 is 0 Å². The SMILES string of the molecule is CN(C)C(=O)Cn1cc(-c2ccc(-c3cncc4cc(F)c(Br)cc34)cc2)cn1. The molecule has 1 amide bonds. The third-order valence-electron chi connectivity index (χ3n) is 4.76. The molecule has 2 heterocycles. The number of nitrogens with zero attached hydrogens (tertiary/aromatic N) is 4. The highest BCUT2D eigenvalue weighted by molar-refractivity contribution is 9.10. The maximum Gasteiger partial charge on any atom is 0.243 e. The molecule has 0 aliphatic carbocycles. The molecule has 0 radical (unpaired) electrons. The number of carbonyl (C=O) groups is 1. The van der Waals surface area contributed by atoms with Crippen LogP contribution >= 0.6 is 15.9 Å². The molecule has 2 aromatic carbocycles. The number of benzene rings is 2. The van der Waals surface area contributed by atoms with Crippen LogP contribution in [-0.2, 0) is 11.3 Å². The van der Waals surface area contributed by atoms with Gasteiger partial charge in [-0.1, -0.05) is 24.3 Å². The van der Waals surface area contributed by atoms with Crippen LogP contribution in [0.15, 0.2) is 65.7 Å². The Morgan fingerprint density at radius 3 is 2.52 bits per heavy atom. The quantitative estimate of drug-likeness (QED) is 0.448. The second kappa shape index (κ2) is 7.75. The number of likely N-dealkylation sites (N-methyl/N-ethyl adjacent to an activating group) is 1. The smallest absolute Gasteiger partial charge is 0.243 e. The summed E-state index contributed by atoms with van der Waals surface area (Å²) in [7, 11) is 3.45. The van der Waals surface area contributed by atoms with Gasteiger partial charge in [-0.25, -0.2) is 4.39 Å². The van der Waals surface area contributed by atoms with Gasteiger partial charge in [0.15, 0.2) is 0 Å². The number of halogens is 2. The molecule has 0 aliphatic rings. The Labute approximate surface area is 175 Å². The second-order valence-electron chi connectivity index (χ2n) is 6.97. The van der Waals surface area contributed by atoms with Gasteiger partial charge in [-0.05, 0) is 44.6 Å². The first-order valence-electron chi connectivity index (χ1n) is 8.98. The average Bonchev–Trinajstić information content (AvgIpc) is 3.17. The molecule has 5 nitrogen and oxygen atoms in total. The van der Waals surface area contributed by atoms with Crippen LogP contribution in [0, 0.1) is 5.82 Å². The lowest BCUT2D eigenvalue weighted by Crippen LogP contribution is -2.26. The molecular formula is C22H18BrFN4O. The Morgan fingerprint density at radius 2 is 1.79 bits per heavy atom. The summed E-state index contributed by atoms with van der Waals surface area (Å²) in [6.45, 7) is 0.207. The zero-order valence-corrected chi connectivity index (χ0v) is 17.5. The number of hydrogen-bond acceptors (Lipinski definition) is 3. The minimum atomic E-state index is -0.309. The van der Waals surface area contributed by atoms with E-state index in [-0.39, 0.29) is 18.3 Å². The summed E-state index contributed by atoms with van der Waals surface area (Å²) < 4.78 is 15.9. The second-order valence-corrected chi connectivity index (χ2v) is 7.82. The van der Waals surface area contributed by atoms with E-state index in [9.17, 15) is 9.18 Å². The van der Waals surface area contributed by atoms with Gasteiger partial charge in [-0.3, -0.25) is 14.5 Å². The van der Waals surface area contributed by atoms with Gasteiger partial charge in [0.25, 0.3) is 0 Å². The Hall–Kier alpha value is -3.06. The van der Waals surface area contributed by atoms with Gasteiger partial charge in [0.2, 0.25) is 5.91 Å². The lowest BCUT2D eigenvalue weighted by molar-refractivity contribution is -0.129. The first kappa shape index (κ1) is 19.3. The number of rotatable bonds is 4. The van der Waals surface area contributed by atoms with Crippen molar-refractivity contribution in [2.24, 2.45) is 0 Å². The van der Waals surface area contributed by atoms with Crippen LogP contribution in [0.3, 0.4) is 0 Å². The fourth-order valence-electron chi connectivity index (χ4n) is 3.12. The number of amides is 1. The summed E-state index contributed by atoms with van der Waals surface area (Å²) in [4.78, 5) is 17.6. The lowest BCUT2D eigenvalue weighted by Gasteiger charge is -2.09. The van der Waals surface area contributed by atoms with Crippen LogP contribution in [0.4, 0.5) is 4.39 Å². The summed E-state index contributed by atoms with van der Waals surface area (Å²) in [5.74, 6) is -0.322. The maximum absolute atomic E-state index is 13.8. The summed E-state index contributed by atoms with van der Waals surface area (Å²) >= 11 is 3.26. The lowest BCUT2D eigenvalue weighted by atomic mass is 9.99. The molecule has 0 aliphatic heterocycles. The molecular weight excluding hydrogens is 435 g/mol.